The first-order chi connectivity index (χ1) is 10.3. The van der Waals surface area contributed by atoms with E-state index in [9.17, 15) is 4.79 Å². The van der Waals surface area contributed by atoms with Crippen LogP contribution in [0.25, 0.3) is 0 Å². The van der Waals surface area contributed by atoms with Gasteiger partial charge in [-0.2, -0.15) is 0 Å². The number of halogens is 1. The summed E-state index contributed by atoms with van der Waals surface area (Å²) in [5, 5.41) is 9.12. The number of nitrogens with one attached hydrogen (secondary N) is 3. The number of guanidine groups is 1. The third-order valence-corrected chi connectivity index (χ3v) is 3.03. The fourth-order valence-corrected chi connectivity index (χ4v) is 1.73. The van der Waals surface area contributed by atoms with E-state index in [4.69, 9.17) is 4.74 Å². The molecule has 0 radical (unpaired) electrons. The topological polar surface area (TPSA) is 74.8 Å². The Morgan fingerprint density at radius 3 is 2.43 bits per heavy atom. The quantitative estimate of drug-likeness (QED) is 0.209. The second kappa shape index (κ2) is 13.8. The van der Waals surface area contributed by atoms with Crippen LogP contribution in [0.4, 0.5) is 0 Å². The molecule has 0 saturated heterocycles. The van der Waals surface area contributed by atoms with Gasteiger partial charge in [-0.05, 0) is 33.1 Å². The highest BCUT2D eigenvalue weighted by Crippen LogP contribution is 2.15. The lowest BCUT2D eigenvalue weighted by atomic mass is 9.93. The molecule has 0 aromatic rings. The normalized spacial score (nSPS) is 11.9. The molecule has 0 aliphatic carbocycles. The molecule has 0 aromatic carbocycles. The van der Waals surface area contributed by atoms with Crippen molar-refractivity contribution in [2.75, 3.05) is 39.9 Å². The Morgan fingerprint density at radius 1 is 1.26 bits per heavy atom. The van der Waals surface area contributed by atoms with Crippen molar-refractivity contribution in [3.05, 3.63) is 0 Å². The molecule has 0 aliphatic heterocycles. The molecule has 0 spiro atoms. The van der Waals surface area contributed by atoms with Gasteiger partial charge in [0.1, 0.15) is 0 Å². The highest BCUT2D eigenvalue weighted by atomic mass is 127. The number of carbonyl (C=O) groups excluding carboxylic acids is 1. The molecule has 1 amide bonds. The molecule has 7 heteroatoms. The molecule has 0 atom stereocenters. The second-order valence-corrected chi connectivity index (χ2v) is 6.41. The molecule has 0 heterocycles. The Labute approximate surface area is 158 Å². The number of hydrogen-bond acceptors (Lipinski definition) is 3. The predicted molar refractivity (Wildman–Crippen MR) is 108 cm³/mol. The van der Waals surface area contributed by atoms with Crippen LogP contribution in [0.3, 0.4) is 0 Å². The van der Waals surface area contributed by atoms with Crippen molar-refractivity contribution in [1.29, 1.82) is 0 Å². The SMILES string of the molecule is CCNC(=NCC(C)(C)C(=O)NC)NCCCOCC(C)C.I. The first kappa shape index (κ1) is 24.7. The van der Waals surface area contributed by atoms with E-state index in [1.807, 2.05) is 20.8 Å². The maximum absolute atomic E-state index is 11.8. The smallest absolute Gasteiger partial charge is 0.227 e. The van der Waals surface area contributed by atoms with Crippen LogP contribution in [-0.2, 0) is 9.53 Å². The fraction of sp³-hybridized carbons (Fsp3) is 0.875. The highest BCUT2D eigenvalue weighted by molar-refractivity contribution is 14.0. The molecule has 23 heavy (non-hydrogen) atoms. The number of nitrogens with zero attached hydrogens (tertiary/aromatic N) is 1. The summed E-state index contributed by atoms with van der Waals surface area (Å²) in [4.78, 5) is 16.2. The van der Waals surface area contributed by atoms with E-state index in [2.05, 4.69) is 34.8 Å². The summed E-state index contributed by atoms with van der Waals surface area (Å²) in [6, 6.07) is 0. The van der Waals surface area contributed by atoms with Crippen LogP contribution in [0.1, 0.15) is 41.0 Å². The molecule has 0 fully saturated rings. The predicted octanol–water partition coefficient (Wildman–Crippen LogP) is 1.99. The fourth-order valence-electron chi connectivity index (χ4n) is 1.73. The number of carbonyl (C=O) groups is 1. The van der Waals surface area contributed by atoms with E-state index < -0.39 is 5.41 Å². The summed E-state index contributed by atoms with van der Waals surface area (Å²) in [7, 11) is 1.65. The average molecular weight is 442 g/mol. The first-order valence-electron chi connectivity index (χ1n) is 8.15. The van der Waals surface area contributed by atoms with Crippen molar-refractivity contribution in [2.45, 2.75) is 41.0 Å². The van der Waals surface area contributed by atoms with Gasteiger partial charge in [-0.3, -0.25) is 9.79 Å². The Bertz CT molecular complexity index is 347. The molecule has 138 valence electrons. The Kier molecular flexibility index (Phi) is 14.8. The van der Waals surface area contributed by atoms with Crippen molar-refractivity contribution < 1.29 is 9.53 Å². The number of aliphatic imine (C=N–C) groups is 1. The van der Waals surface area contributed by atoms with Crippen LogP contribution >= 0.6 is 24.0 Å². The lowest BCUT2D eigenvalue weighted by Gasteiger charge is -2.21. The minimum absolute atomic E-state index is 0. The average Bonchev–Trinajstić information content (AvgIpc) is 2.46. The van der Waals surface area contributed by atoms with E-state index >= 15 is 0 Å². The van der Waals surface area contributed by atoms with E-state index in [0.29, 0.717) is 12.5 Å². The van der Waals surface area contributed by atoms with Gasteiger partial charge in [0.05, 0.1) is 12.0 Å². The Morgan fingerprint density at radius 2 is 1.91 bits per heavy atom. The summed E-state index contributed by atoms with van der Waals surface area (Å²) < 4.78 is 5.54. The van der Waals surface area contributed by atoms with Crippen molar-refractivity contribution in [3.8, 4) is 0 Å². The maximum atomic E-state index is 11.8. The number of hydrogen-bond donors (Lipinski definition) is 3. The Hall–Kier alpha value is -0.570. The molecule has 0 rings (SSSR count). The van der Waals surface area contributed by atoms with Gasteiger partial charge in [-0.25, -0.2) is 0 Å². The van der Waals surface area contributed by atoms with Crippen molar-refractivity contribution in [1.82, 2.24) is 16.0 Å². The van der Waals surface area contributed by atoms with Crippen LogP contribution in [0.2, 0.25) is 0 Å². The minimum atomic E-state index is -0.516. The van der Waals surface area contributed by atoms with E-state index in [0.717, 1.165) is 38.7 Å². The molecule has 0 aromatic heterocycles. The van der Waals surface area contributed by atoms with E-state index in [1.54, 1.807) is 7.05 Å². The maximum Gasteiger partial charge on any atom is 0.227 e. The third kappa shape index (κ3) is 12.5. The van der Waals surface area contributed by atoms with Gasteiger partial charge in [-0.1, -0.05) is 13.8 Å². The van der Waals surface area contributed by atoms with Gasteiger partial charge in [0, 0.05) is 33.4 Å². The van der Waals surface area contributed by atoms with E-state index in [1.165, 1.54) is 0 Å². The van der Waals surface area contributed by atoms with Crippen molar-refractivity contribution >= 4 is 35.8 Å². The number of amides is 1. The highest BCUT2D eigenvalue weighted by Gasteiger charge is 2.26. The Balaban J connectivity index is 0. The van der Waals surface area contributed by atoms with Gasteiger partial charge in [0.25, 0.3) is 0 Å². The monoisotopic (exact) mass is 442 g/mol. The van der Waals surface area contributed by atoms with Gasteiger partial charge < -0.3 is 20.7 Å². The zero-order chi connectivity index (χ0) is 17.0. The third-order valence-electron chi connectivity index (χ3n) is 3.03. The molecular formula is C16H35IN4O2. The molecule has 0 unspecified atom stereocenters. The number of ether oxygens (including phenoxy) is 1. The minimum Gasteiger partial charge on any atom is -0.381 e. The van der Waals surface area contributed by atoms with E-state index in [-0.39, 0.29) is 29.9 Å². The standard InChI is InChI=1S/C16H34N4O2.HI/c1-7-18-15(19-9-8-10-22-11-13(2)3)20-12-16(4,5)14(21)17-6;/h13H,7-12H2,1-6H3,(H,17,21)(H2,18,19,20);1H. The van der Waals surface area contributed by atoms with Gasteiger partial charge in [-0.15, -0.1) is 24.0 Å². The summed E-state index contributed by atoms with van der Waals surface area (Å²) in [5.41, 5.74) is -0.516. The molecule has 3 N–H and O–H groups in total. The lowest BCUT2D eigenvalue weighted by Crippen LogP contribution is -2.41. The van der Waals surface area contributed by atoms with Gasteiger partial charge >= 0.3 is 0 Å². The molecule has 0 bridgehead atoms. The zero-order valence-electron chi connectivity index (χ0n) is 15.5. The van der Waals surface area contributed by atoms with Crippen molar-refractivity contribution in [2.24, 2.45) is 16.3 Å². The summed E-state index contributed by atoms with van der Waals surface area (Å²) in [5.74, 6) is 1.30. The van der Waals surface area contributed by atoms with Crippen molar-refractivity contribution in [3.63, 3.8) is 0 Å². The summed E-state index contributed by atoms with van der Waals surface area (Å²) >= 11 is 0. The molecule has 6 nitrogen and oxygen atoms in total. The van der Waals surface area contributed by atoms with Crippen LogP contribution in [-0.4, -0.2) is 51.8 Å². The molecule has 0 aliphatic rings. The molecule has 0 saturated carbocycles. The first-order valence-corrected chi connectivity index (χ1v) is 8.15. The van der Waals surface area contributed by atoms with Crippen LogP contribution in [0, 0.1) is 11.3 Å². The van der Waals surface area contributed by atoms with Crippen LogP contribution in [0.5, 0.6) is 0 Å². The second-order valence-electron chi connectivity index (χ2n) is 6.41. The zero-order valence-corrected chi connectivity index (χ0v) is 17.8. The lowest BCUT2D eigenvalue weighted by molar-refractivity contribution is -0.128. The summed E-state index contributed by atoms with van der Waals surface area (Å²) in [6.07, 6.45) is 0.927. The summed E-state index contributed by atoms with van der Waals surface area (Å²) in [6.45, 7) is 13.6. The van der Waals surface area contributed by atoms with Gasteiger partial charge in [0.2, 0.25) is 5.91 Å². The van der Waals surface area contributed by atoms with Crippen LogP contribution < -0.4 is 16.0 Å². The number of rotatable bonds is 10. The molecular weight excluding hydrogens is 407 g/mol. The van der Waals surface area contributed by atoms with Crippen LogP contribution in [0.15, 0.2) is 4.99 Å². The largest absolute Gasteiger partial charge is 0.381 e. The van der Waals surface area contributed by atoms with Gasteiger partial charge in [0.15, 0.2) is 5.96 Å².